The molecule has 0 aliphatic rings. The third-order valence-corrected chi connectivity index (χ3v) is 1.88. The fourth-order valence-electron chi connectivity index (χ4n) is 1.15. The molecule has 0 bridgehead atoms. The molecule has 3 nitrogen and oxygen atoms in total. The number of nitrogens with two attached hydrogens (primary N) is 1. The molecule has 15 heavy (non-hydrogen) atoms. The maximum Gasteiger partial charge on any atom is 0.195 e. The Morgan fingerprint density at radius 2 is 1.87 bits per heavy atom. The minimum absolute atomic E-state index is 0.0555. The molecule has 1 aromatic heterocycles. The summed E-state index contributed by atoms with van der Waals surface area (Å²) in [6.07, 6.45) is 1.15. The molecule has 0 saturated heterocycles. The van der Waals surface area contributed by atoms with Gasteiger partial charge in [-0.2, -0.15) is 0 Å². The zero-order valence-electron chi connectivity index (χ0n) is 7.30. The monoisotopic (exact) mass is 214 g/mol. The van der Waals surface area contributed by atoms with Crippen molar-refractivity contribution in [2.45, 2.75) is 0 Å². The van der Waals surface area contributed by atoms with Crippen LogP contribution in [-0.2, 0) is 0 Å². The Bertz CT molecular complexity index is 510. The molecule has 2 rings (SSSR count). The second-order valence-electron chi connectivity index (χ2n) is 2.83. The molecule has 0 saturated carbocycles. The number of hydrogen-bond donors (Lipinski definition) is 1. The third kappa shape index (κ3) is 1.43. The Labute approximate surface area is 82.3 Å². The normalized spacial score (nSPS) is 10.6. The van der Waals surface area contributed by atoms with Gasteiger partial charge < -0.3 is 10.3 Å². The average molecular weight is 214 g/mol. The lowest BCUT2D eigenvalue weighted by molar-refractivity contribution is 0.421. The van der Waals surface area contributed by atoms with Gasteiger partial charge in [0.25, 0.3) is 0 Å². The molecular formula is C9H5F3N2O. The van der Waals surface area contributed by atoms with Crippen LogP contribution in [0.5, 0.6) is 0 Å². The molecule has 2 aromatic rings. The van der Waals surface area contributed by atoms with E-state index < -0.39 is 17.5 Å². The molecule has 0 aliphatic heterocycles. The predicted molar refractivity (Wildman–Crippen MR) is 46.2 cm³/mol. The van der Waals surface area contributed by atoms with Crippen molar-refractivity contribution in [3.8, 4) is 11.3 Å². The highest BCUT2D eigenvalue weighted by Crippen LogP contribution is 2.29. The van der Waals surface area contributed by atoms with E-state index in [0.717, 1.165) is 18.3 Å². The average Bonchev–Trinajstić information content (AvgIpc) is 2.62. The van der Waals surface area contributed by atoms with Crippen molar-refractivity contribution in [1.29, 1.82) is 0 Å². The van der Waals surface area contributed by atoms with Crippen LogP contribution in [0.15, 0.2) is 22.9 Å². The summed E-state index contributed by atoms with van der Waals surface area (Å²) in [4.78, 5) is 0. The number of rotatable bonds is 1. The SMILES string of the molecule is Nc1cnoc1-c1ccc(F)c(F)c1F. The number of aromatic nitrogens is 1. The Balaban J connectivity index is 2.65. The van der Waals surface area contributed by atoms with Crippen molar-refractivity contribution >= 4 is 5.69 Å². The lowest BCUT2D eigenvalue weighted by Crippen LogP contribution is -1.94. The van der Waals surface area contributed by atoms with Crippen molar-refractivity contribution in [3.63, 3.8) is 0 Å². The number of halogens is 3. The summed E-state index contributed by atoms with van der Waals surface area (Å²) in [5.41, 5.74) is 5.19. The van der Waals surface area contributed by atoms with Crippen molar-refractivity contribution in [2.24, 2.45) is 0 Å². The van der Waals surface area contributed by atoms with Gasteiger partial charge in [-0.1, -0.05) is 5.16 Å². The minimum atomic E-state index is -1.57. The predicted octanol–water partition coefficient (Wildman–Crippen LogP) is 2.34. The number of benzene rings is 1. The second kappa shape index (κ2) is 3.30. The highest BCUT2D eigenvalue weighted by Gasteiger charge is 2.18. The Hall–Kier alpha value is -1.98. The molecule has 0 atom stereocenters. The van der Waals surface area contributed by atoms with Gasteiger partial charge in [-0.05, 0) is 12.1 Å². The Morgan fingerprint density at radius 3 is 2.47 bits per heavy atom. The molecule has 78 valence electrons. The maximum absolute atomic E-state index is 13.2. The fraction of sp³-hybridized carbons (Fsp3) is 0. The summed E-state index contributed by atoms with van der Waals surface area (Å²) in [5, 5.41) is 3.31. The molecule has 1 aromatic carbocycles. The summed E-state index contributed by atoms with van der Waals surface area (Å²) in [6, 6.07) is 1.82. The number of nitrogens with zero attached hydrogens (tertiary/aromatic N) is 1. The number of anilines is 1. The van der Waals surface area contributed by atoms with Gasteiger partial charge in [0, 0.05) is 0 Å². The lowest BCUT2D eigenvalue weighted by Gasteiger charge is -2.01. The van der Waals surface area contributed by atoms with Gasteiger partial charge >= 0.3 is 0 Å². The molecule has 0 aliphatic carbocycles. The molecular weight excluding hydrogens is 209 g/mol. The summed E-state index contributed by atoms with van der Waals surface area (Å²) < 4.78 is 43.3. The van der Waals surface area contributed by atoms with Crippen molar-refractivity contribution in [2.75, 3.05) is 5.73 Å². The first kappa shape index (κ1) is 9.57. The van der Waals surface area contributed by atoms with Gasteiger partial charge in [0.05, 0.1) is 11.8 Å². The molecule has 0 unspecified atom stereocenters. The van der Waals surface area contributed by atoms with E-state index in [-0.39, 0.29) is 17.0 Å². The summed E-state index contributed by atoms with van der Waals surface area (Å²) in [5.74, 6) is -4.30. The molecule has 0 fully saturated rings. The Kier molecular flexibility index (Phi) is 2.11. The van der Waals surface area contributed by atoms with Crippen LogP contribution in [0.25, 0.3) is 11.3 Å². The van der Waals surface area contributed by atoms with Crippen LogP contribution in [0.2, 0.25) is 0 Å². The first-order chi connectivity index (χ1) is 7.11. The topological polar surface area (TPSA) is 52.0 Å². The largest absolute Gasteiger partial charge is 0.394 e. The zero-order valence-corrected chi connectivity index (χ0v) is 7.30. The van der Waals surface area contributed by atoms with E-state index in [1.165, 1.54) is 0 Å². The van der Waals surface area contributed by atoms with Gasteiger partial charge in [0.15, 0.2) is 23.2 Å². The van der Waals surface area contributed by atoms with Crippen molar-refractivity contribution < 1.29 is 17.7 Å². The summed E-state index contributed by atoms with van der Waals surface area (Å²) >= 11 is 0. The van der Waals surface area contributed by atoms with Crippen LogP contribution < -0.4 is 5.73 Å². The quantitative estimate of drug-likeness (QED) is 0.741. The molecule has 1 heterocycles. The second-order valence-corrected chi connectivity index (χ2v) is 2.83. The van der Waals surface area contributed by atoms with Crippen LogP contribution in [0, 0.1) is 17.5 Å². The molecule has 6 heteroatoms. The van der Waals surface area contributed by atoms with Gasteiger partial charge in [-0.25, -0.2) is 13.2 Å². The highest BCUT2D eigenvalue weighted by molar-refractivity contribution is 5.70. The first-order valence-electron chi connectivity index (χ1n) is 3.95. The standard InChI is InChI=1S/C9H5F3N2O/c10-5-2-1-4(7(11)8(5)12)9-6(13)3-14-15-9/h1-3H,13H2. The lowest BCUT2D eigenvalue weighted by atomic mass is 10.1. The van der Waals surface area contributed by atoms with Gasteiger partial charge in [0.1, 0.15) is 5.69 Å². The highest BCUT2D eigenvalue weighted by atomic mass is 19.2. The van der Waals surface area contributed by atoms with E-state index in [0.29, 0.717) is 0 Å². The number of hydrogen-bond acceptors (Lipinski definition) is 3. The van der Waals surface area contributed by atoms with Crippen molar-refractivity contribution in [3.05, 3.63) is 35.8 Å². The Morgan fingerprint density at radius 1 is 1.13 bits per heavy atom. The maximum atomic E-state index is 13.2. The zero-order chi connectivity index (χ0) is 11.0. The van der Waals surface area contributed by atoms with Crippen LogP contribution in [0.1, 0.15) is 0 Å². The first-order valence-corrected chi connectivity index (χ1v) is 3.95. The van der Waals surface area contributed by atoms with E-state index >= 15 is 0 Å². The van der Waals surface area contributed by atoms with E-state index in [9.17, 15) is 13.2 Å². The van der Waals surface area contributed by atoms with E-state index in [4.69, 9.17) is 5.73 Å². The van der Waals surface area contributed by atoms with Crippen LogP contribution in [-0.4, -0.2) is 5.16 Å². The minimum Gasteiger partial charge on any atom is -0.394 e. The fourth-order valence-corrected chi connectivity index (χ4v) is 1.15. The van der Waals surface area contributed by atoms with E-state index in [1.807, 2.05) is 0 Å². The van der Waals surface area contributed by atoms with Gasteiger partial charge in [-0.15, -0.1) is 0 Å². The van der Waals surface area contributed by atoms with Crippen LogP contribution >= 0.6 is 0 Å². The molecule has 2 N–H and O–H groups in total. The van der Waals surface area contributed by atoms with Crippen LogP contribution in [0.3, 0.4) is 0 Å². The van der Waals surface area contributed by atoms with Crippen molar-refractivity contribution in [1.82, 2.24) is 5.16 Å². The van der Waals surface area contributed by atoms with Gasteiger partial charge in [0.2, 0.25) is 0 Å². The van der Waals surface area contributed by atoms with E-state index in [1.54, 1.807) is 0 Å². The molecule has 0 radical (unpaired) electrons. The van der Waals surface area contributed by atoms with Crippen LogP contribution in [0.4, 0.5) is 18.9 Å². The summed E-state index contributed by atoms with van der Waals surface area (Å²) in [6.45, 7) is 0. The molecule has 0 spiro atoms. The molecule has 0 amide bonds. The van der Waals surface area contributed by atoms with E-state index in [2.05, 4.69) is 9.68 Å². The third-order valence-electron chi connectivity index (χ3n) is 1.88. The van der Waals surface area contributed by atoms with Gasteiger partial charge in [-0.3, -0.25) is 0 Å². The number of nitrogen functional groups attached to an aromatic ring is 1. The summed E-state index contributed by atoms with van der Waals surface area (Å²) in [7, 11) is 0. The smallest absolute Gasteiger partial charge is 0.195 e.